The molecule has 2 N–H and O–H groups in total. The van der Waals surface area contributed by atoms with Crippen LogP contribution in [0.15, 0.2) is 24.4 Å². The first-order valence-electron chi connectivity index (χ1n) is 7.65. The molecule has 1 aromatic heterocycles. The molecule has 0 spiro atoms. The maximum Gasteiger partial charge on any atom is 0.264 e. The summed E-state index contributed by atoms with van der Waals surface area (Å²) in [6, 6.07) is 5.69. The Morgan fingerprint density at radius 3 is 2.75 bits per heavy atom. The molecule has 24 heavy (non-hydrogen) atoms. The normalized spacial score (nSPS) is 11.6. The van der Waals surface area contributed by atoms with Crippen molar-refractivity contribution in [3.63, 3.8) is 0 Å². The number of carbonyl (C=O) groups excluding carboxylic acids is 1. The second-order valence-corrected chi connectivity index (χ2v) is 7.18. The number of hydrogen-bond donors (Lipinski definition) is 2. The molecule has 0 aliphatic rings. The molecule has 7 nitrogen and oxygen atoms in total. The van der Waals surface area contributed by atoms with Crippen LogP contribution in [0.3, 0.4) is 0 Å². The van der Waals surface area contributed by atoms with Gasteiger partial charge in [-0.2, -0.15) is 8.42 Å². The summed E-state index contributed by atoms with van der Waals surface area (Å²) in [6.45, 7) is 2.47. The summed E-state index contributed by atoms with van der Waals surface area (Å²) in [5.41, 5.74) is 2.01. The lowest BCUT2D eigenvalue weighted by molar-refractivity contribution is -0.118. The number of methoxy groups -OCH3 is 1. The number of nitrogens with zero attached hydrogens (tertiary/aromatic N) is 1. The van der Waals surface area contributed by atoms with Crippen LogP contribution in [0.25, 0.3) is 10.9 Å². The van der Waals surface area contributed by atoms with Gasteiger partial charge in [-0.1, -0.05) is 0 Å². The molecule has 1 amide bonds. The van der Waals surface area contributed by atoms with Gasteiger partial charge in [-0.3, -0.25) is 9.35 Å². The number of nitrogens with one attached hydrogen (secondary N) is 1. The zero-order valence-electron chi connectivity index (χ0n) is 13.8. The van der Waals surface area contributed by atoms with E-state index in [9.17, 15) is 13.2 Å². The van der Waals surface area contributed by atoms with Crippen molar-refractivity contribution < 1.29 is 22.5 Å². The van der Waals surface area contributed by atoms with Crippen LogP contribution in [0, 0.1) is 0 Å². The highest BCUT2D eigenvalue weighted by Crippen LogP contribution is 2.26. The average molecular weight is 354 g/mol. The van der Waals surface area contributed by atoms with Crippen molar-refractivity contribution in [1.82, 2.24) is 9.88 Å². The van der Waals surface area contributed by atoms with Gasteiger partial charge in [0.15, 0.2) is 0 Å². The second-order valence-electron chi connectivity index (χ2n) is 5.60. The number of amides is 1. The Morgan fingerprint density at radius 2 is 2.12 bits per heavy atom. The van der Waals surface area contributed by atoms with E-state index in [1.165, 1.54) is 6.92 Å². The molecule has 8 heteroatoms. The minimum atomic E-state index is -3.96. The van der Waals surface area contributed by atoms with Crippen LogP contribution < -0.4 is 10.1 Å². The number of fused-ring (bicyclic) bond motifs is 1. The lowest BCUT2D eigenvalue weighted by atomic mass is 10.1. The van der Waals surface area contributed by atoms with Gasteiger partial charge in [-0.05, 0) is 36.6 Å². The third-order valence-electron chi connectivity index (χ3n) is 3.74. The smallest absolute Gasteiger partial charge is 0.264 e. The van der Waals surface area contributed by atoms with Crippen LogP contribution >= 0.6 is 0 Å². The minimum absolute atomic E-state index is 0.0792. The van der Waals surface area contributed by atoms with Crippen LogP contribution in [0.4, 0.5) is 0 Å². The number of ether oxygens (including phenoxy) is 1. The quantitative estimate of drug-likeness (QED) is 0.702. The van der Waals surface area contributed by atoms with Gasteiger partial charge in [0, 0.05) is 37.1 Å². The fourth-order valence-electron chi connectivity index (χ4n) is 2.65. The van der Waals surface area contributed by atoms with Crippen molar-refractivity contribution in [2.45, 2.75) is 26.3 Å². The first-order valence-corrected chi connectivity index (χ1v) is 9.26. The Balaban J connectivity index is 2.25. The molecule has 1 aromatic carbocycles. The van der Waals surface area contributed by atoms with Gasteiger partial charge in [0.25, 0.3) is 10.1 Å². The van der Waals surface area contributed by atoms with E-state index in [1.807, 2.05) is 29.0 Å². The number of hydrogen-bond acceptors (Lipinski definition) is 4. The summed E-state index contributed by atoms with van der Waals surface area (Å²) in [7, 11) is -2.36. The van der Waals surface area contributed by atoms with E-state index >= 15 is 0 Å². The van der Waals surface area contributed by atoms with E-state index < -0.39 is 10.1 Å². The van der Waals surface area contributed by atoms with Gasteiger partial charge in [-0.25, -0.2) is 0 Å². The zero-order chi connectivity index (χ0) is 17.7. The second kappa shape index (κ2) is 7.67. The van der Waals surface area contributed by atoms with E-state index in [0.29, 0.717) is 25.9 Å². The summed E-state index contributed by atoms with van der Waals surface area (Å²) in [5, 5.41) is 3.77. The van der Waals surface area contributed by atoms with Crippen molar-refractivity contribution in [2.24, 2.45) is 0 Å². The highest BCUT2D eigenvalue weighted by Gasteiger charge is 2.11. The van der Waals surface area contributed by atoms with Crippen LogP contribution in [-0.2, 0) is 27.9 Å². The number of carbonyl (C=O) groups is 1. The van der Waals surface area contributed by atoms with E-state index in [2.05, 4.69) is 5.32 Å². The highest BCUT2D eigenvalue weighted by molar-refractivity contribution is 7.85. The van der Waals surface area contributed by atoms with Gasteiger partial charge < -0.3 is 14.6 Å². The van der Waals surface area contributed by atoms with Crippen LogP contribution in [-0.4, -0.2) is 42.9 Å². The van der Waals surface area contributed by atoms with Crippen LogP contribution in [0.5, 0.6) is 5.75 Å². The predicted octanol–water partition coefficient (Wildman–Crippen LogP) is 1.61. The summed E-state index contributed by atoms with van der Waals surface area (Å²) in [5.74, 6) is 0.382. The van der Waals surface area contributed by atoms with E-state index in [1.54, 1.807) is 7.11 Å². The standard InChI is InChI=1S/C16H22N2O5S/c1-12(19)17-7-6-13-11-18(8-3-9-24(20,21)22)16-5-4-14(23-2)10-15(13)16/h4-5,10-11H,3,6-9H2,1-2H3,(H,17,19)(H,20,21,22). The SMILES string of the molecule is COc1ccc2c(c1)c(CCNC(C)=O)cn2CCCS(=O)(=O)O. The number of aromatic nitrogens is 1. The molecule has 0 saturated heterocycles. The molecule has 0 saturated carbocycles. The molecule has 0 aliphatic carbocycles. The molecule has 2 rings (SSSR count). The molecule has 0 aliphatic heterocycles. The topological polar surface area (TPSA) is 97.6 Å². The Hall–Kier alpha value is -2.06. The van der Waals surface area contributed by atoms with Gasteiger partial charge in [0.05, 0.1) is 12.9 Å². The largest absolute Gasteiger partial charge is 0.497 e. The number of rotatable bonds is 8. The van der Waals surface area contributed by atoms with E-state index in [0.717, 1.165) is 22.2 Å². The van der Waals surface area contributed by atoms with Gasteiger partial charge in [0.2, 0.25) is 5.91 Å². The summed E-state index contributed by atoms with van der Waals surface area (Å²) in [6.07, 6.45) is 2.93. The summed E-state index contributed by atoms with van der Waals surface area (Å²) >= 11 is 0. The lowest BCUT2D eigenvalue weighted by Crippen LogP contribution is -2.22. The van der Waals surface area contributed by atoms with Crippen molar-refractivity contribution in [3.05, 3.63) is 30.0 Å². The van der Waals surface area contributed by atoms with Crippen molar-refractivity contribution in [1.29, 1.82) is 0 Å². The molecular weight excluding hydrogens is 332 g/mol. The van der Waals surface area contributed by atoms with E-state index in [4.69, 9.17) is 9.29 Å². The third-order valence-corrected chi connectivity index (χ3v) is 4.54. The lowest BCUT2D eigenvalue weighted by Gasteiger charge is -2.05. The van der Waals surface area contributed by atoms with Crippen molar-refractivity contribution in [3.8, 4) is 5.75 Å². The fraction of sp³-hybridized carbons (Fsp3) is 0.438. The summed E-state index contributed by atoms with van der Waals surface area (Å²) < 4.78 is 37.8. The third kappa shape index (κ3) is 4.97. The fourth-order valence-corrected chi connectivity index (χ4v) is 3.15. The van der Waals surface area contributed by atoms with Crippen molar-refractivity contribution in [2.75, 3.05) is 19.4 Å². The Bertz CT molecular complexity index is 826. The van der Waals surface area contributed by atoms with Crippen LogP contribution in [0.2, 0.25) is 0 Å². The maximum absolute atomic E-state index is 11.0. The zero-order valence-corrected chi connectivity index (χ0v) is 14.6. The van der Waals surface area contributed by atoms with Gasteiger partial charge >= 0.3 is 0 Å². The molecule has 0 fully saturated rings. The first kappa shape index (κ1) is 18.3. The maximum atomic E-state index is 11.0. The minimum Gasteiger partial charge on any atom is -0.497 e. The van der Waals surface area contributed by atoms with Gasteiger partial charge in [0.1, 0.15) is 5.75 Å². The monoisotopic (exact) mass is 354 g/mol. The molecule has 0 atom stereocenters. The molecule has 0 bridgehead atoms. The van der Waals surface area contributed by atoms with Crippen molar-refractivity contribution >= 4 is 26.9 Å². The Morgan fingerprint density at radius 1 is 1.38 bits per heavy atom. The molecule has 132 valence electrons. The van der Waals surface area contributed by atoms with E-state index in [-0.39, 0.29) is 11.7 Å². The Labute approximate surface area is 141 Å². The number of benzene rings is 1. The molecule has 1 heterocycles. The average Bonchev–Trinajstić information content (AvgIpc) is 2.83. The molecular formula is C16H22N2O5S. The van der Waals surface area contributed by atoms with Crippen LogP contribution in [0.1, 0.15) is 18.9 Å². The molecule has 0 radical (unpaired) electrons. The molecule has 2 aromatic rings. The number of aryl methyl sites for hydroxylation is 1. The first-order chi connectivity index (χ1) is 11.3. The predicted molar refractivity (Wildman–Crippen MR) is 91.9 cm³/mol. The van der Waals surface area contributed by atoms with Gasteiger partial charge in [-0.15, -0.1) is 0 Å². The highest BCUT2D eigenvalue weighted by atomic mass is 32.2. The molecule has 0 unspecified atom stereocenters. The summed E-state index contributed by atoms with van der Waals surface area (Å²) in [4.78, 5) is 11.0. The Kier molecular flexibility index (Phi) is 5.84.